The predicted octanol–water partition coefficient (Wildman–Crippen LogP) is 2.37. The van der Waals surface area contributed by atoms with Crippen molar-refractivity contribution in [3.05, 3.63) is 41.5 Å². The number of methoxy groups -OCH3 is 1. The van der Waals surface area contributed by atoms with E-state index < -0.39 is 17.8 Å². The highest BCUT2D eigenvalue weighted by molar-refractivity contribution is 7.15. The van der Waals surface area contributed by atoms with Crippen LogP contribution < -0.4 is 5.32 Å². The summed E-state index contributed by atoms with van der Waals surface area (Å²) in [6, 6.07) is 3.34. The molecule has 0 fully saturated rings. The maximum atomic E-state index is 11.9. The van der Waals surface area contributed by atoms with Gasteiger partial charge in [0.25, 0.3) is 0 Å². The van der Waals surface area contributed by atoms with Gasteiger partial charge in [0, 0.05) is 23.1 Å². The predicted molar refractivity (Wildman–Crippen MR) is 78.8 cm³/mol. The second kappa shape index (κ2) is 6.72. The van der Waals surface area contributed by atoms with Crippen LogP contribution in [0.3, 0.4) is 0 Å². The molecule has 8 heteroatoms. The van der Waals surface area contributed by atoms with Crippen LogP contribution in [0.2, 0.25) is 0 Å². The lowest BCUT2D eigenvalue weighted by Crippen LogP contribution is -2.12. The van der Waals surface area contributed by atoms with Crippen molar-refractivity contribution in [2.45, 2.75) is 0 Å². The van der Waals surface area contributed by atoms with Crippen LogP contribution in [0.5, 0.6) is 0 Å². The van der Waals surface area contributed by atoms with E-state index in [2.05, 4.69) is 5.32 Å². The Morgan fingerprint density at radius 2 is 2.14 bits per heavy atom. The average molecular weight is 321 g/mol. The van der Waals surface area contributed by atoms with E-state index in [1.54, 1.807) is 17.5 Å². The van der Waals surface area contributed by atoms with Crippen molar-refractivity contribution in [2.75, 3.05) is 12.4 Å². The number of carbonyl (C=O) groups excluding carboxylic acids is 2. The summed E-state index contributed by atoms with van der Waals surface area (Å²) in [5, 5.41) is 12.8. The van der Waals surface area contributed by atoms with Gasteiger partial charge in [-0.25, -0.2) is 9.59 Å². The lowest BCUT2D eigenvalue weighted by atomic mass is 10.1. The summed E-state index contributed by atoms with van der Waals surface area (Å²) in [6.45, 7) is 0. The van der Waals surface area contributed by atoms with Gasteiger partial charge in [-0.2, -0.15) is 0 Å². The first kappa shape index (κ1) is 15.5. The smallest absolute Gasteiger partial charge is 0.341 e. The fraction of sp³-hybridized carbons (Fsp3) is 0.0714. The number of ether oxygens (including phenoxy) is 1. The van der Waals surface area contributed by atoms with E-state index in [-0.39, 0.29) is 10.6 Å². The van der Waals surface area contributed by atoms with E-state index in [1.165, 1.54) is 13.4 Å². The Bertz CT molecular complexity index is 729. The fourth-order valence-corrected chi connectivity index (χ4v) is 2.61. The number of furan rings is 1. The quantitative estimate of drug-likeness (QED) is 0.647. The molecule has 2 N–H and O–H groups in total. The Kier molecular flexibility index (Phi) is 4.74. The standard InChI is InChI=1S/C14H11NO6S/c1-20-14(19)12-8(9-3-2-6-21-9)7-22-13(12)15-10(16)4-5-11(17)18/h2-7H,1H3,(H,15,16)(H,17,18). The van der Waals surface area contributed by atoms with Gasteiger partial charge < -0.3 is 19.6 Å². The molecule has 0 aliphatic rings. The van der Waals surface area contributed by atoms with Crippen molar-refractivity contribution in [3.8, 4) is 11.3 Å². The number of hydrogen-bond acceptors (Lipinski definition) is 6. The number of carbonyl (C=O) groups is 3. The lowest BCUT2D eigenvalue weighted by molar-refractivity contribution is -0.131. The summed E-state index contributed by atoms with van der Waals surface area (Å²) in [5.41, 5.74) is 0.638. The Morgan fingerprint density at radius 3 is 2.73 bits per heavy atom. The number of amides is 1. The first-order valence-corrected chi connectivity index (χ1v) is 6.86. The summed E-state index contributed by atoms with van der Waals surface area (Å²) in [6.07, 6.45) is 3.02. The van der Waals surface area contributed by atoms with E-state index in [0.717, 1.165) is 17.4 Å². The van der Waals surface area contributed by atoms with Gasteiger partial charge in [-0.1, -0.05) is 0 Å². The van der Waals surface area contributed by atoms with Crippen LogP contribution in [0, 0.1) is 0 Å². The van der Waals surface area contributed by atoms with E-state index in [9.17, 15) is 14.4 Å². The van der Waals surface area contributed by atoms with Crippen LogP contribution in [0.4, 0.5) is 5.00 Å². The van der Waals surface area contributed by atoms with E-state index in [1.807, 2.05) is 0 Å². The highest BCUT2D eigenvalue weighted by Gasteiger charge is 2.23. The van der Waals surface area contributed by atoms with Crippen molar-refractivity contribution in [1.29, 1.82) is 0 Å². The fourth-order valence-electron chi connectivity index (χ4n) is 1.67. The molecular weight excluding hydrogens is 310 g/mol. The summed E-state index contributed by atoms with van der Waals surface area (Å²) >= 11 is 1.11. The first-order chi connectivity index (χ1) is 10.5. The number of anilines is 1. The normalized spacial score (nSPS) is 10.6. The molecule has 0 aromatic carbocycles. The third kappa shape index (κ3) is 3.41. The molecule has 0 atom stereocenters. The Labute approximate surface area is 128 Å². The van der Waals surface area contributed by atoms with Gasteiger partial charge in [0.05, 0.1) is 13.4 Å². The molecule has 1 amide bonds. The number of nitrogens with one attached hydrogen (secondary N) is 1. The molecule has 0 radical (unpaired) electrons. The highest BCUT2D eigenvalue weighted by atomic mass is 32.1. The monoisotopic (exact) mass is 321 g/mol. The first-order valence-electron chi connectivity index (χ1n) is 5.98. The molecule has 0 aliphatic carbocycles. The largest absolute Gasteiger partial charge is 0.478 e. The molecular formula is C14H11NO6S. The van der Waals surface area contributed by atoms with Gasteiger partial charge in [0.15, 0.2) is 0 Å². The van der Waals surface area contributed by atoms with Crippen molar-refractivity contribution in [1.82, 2.24) is 0 Å². The molecule has 0 spiro atoms. The van der Waals surface area contributed by atoms with Crippen LogP contribution in [0.15, 0.2) is 40.3 Å². The zero-order valence-electron chi connectivity index (χ0n) is 11.4. The second-order valence-electron chi connectivity index (χ2n) is 3.98. The molecule has 2 aromatic rings. The van der Waals surface area contributed by atoms with Gasteiger partial charge in [0.2, 0.25) is 5.91 Å². The number of carboxylic acid groups (broad SMARTS) is 1. The van der Waals surface area contributed by atoms with Gasteiger partial charge in [-0.3, -0.25) is 4.79 Å². The summed E-state index contributed by atoms with van der Waals surface area (Å²) in [5.74, 6) is -2.09. The summed E-state index contributed by atoms with van der Waals surface area (Å²) in [4.78, 5) is 34.0. The van der Waals surface area contributed by atoms with Crippen molar-refractivity contribution >= 4 is 34.2 Å². The Morgan fingerprint density at radius 1 is 1.36 bits per heavy atom. The van der Waals surface area contributed by atoms with Gasteiger partial charge in [0.1, 0.15) is 16.3 Å². The third-order valence-electron chi connectivity index (χ3n) is 2.58. The molecule has 2 aromatic heterocycles. The molecule has 7 nitrogen and oxygen atoms in total. The number of hydrogen-bond donors (Lipinski definition) is 2. The zero-order valence-corrected chi connectivity index (χ0v) is 12.2. The molecule has 0 saturated heterocycles. The number of esters is 1. The van der Waals surface area contributed by atoms with Crippen LogP contribution in [-0.2, 0) is 14.3 Å². The third-order valence-corrected chi connectivity index (χ3v) is 3.48. The number of carboxylic acids is 1. The summed E-state index contributed by atoms with van der Waals surface area (Å²) < 4.78 is 9.96. The molecule has 0 bridgehead atoms. The van der Waals surface area contributed by atoms with Crippen molar-refractivity contribution < 1.29 is 28.6 Å². The maximum Gasteiger partial charge on any atom is 0.341 e. The van der Waals surface area contributed by atoms with Gasteiger partial charge in [-0.05, 0) is 12.1 Å². The highest BCUT2D eigenvalue weighted by Crippen LogP contribution is 2.36. The van der Waals surface area contributed by atoms with Crippen LogP contribution in [0.25, 0.3) is 11.3 Å². The molecule has 2 rings (SSSR count). The topological polar surface area (TPSA) is 106 Å². The minimum absolute atomic E-state index is 0.152. The van der Waals surface area contributed by atoms with Gasteiger partial charge in [-0.15, -0.1) is 11.3 Å². The lowest BCUT2D eigenvalue weighted by Gasteiger charge is -2.04. The molecule has 114 valence electrons. The van der Waals surface area contributed by atoms with Crippen LogP contribution in [-0.4, -0.2) is 30.1 Å². The van der Waals surface area contributed by atoms with E-state index >= 15 is 0 Å². The van der Waals surface area contributed by atoms with Crippen LogP contribution in [0.1, 0.15) is 10.4 Å². The Balaban J connectivity index is 2.34. The Hall–Kier alpha value is -2.87. The van der Waals surface area contributed by atoms with E-state index in [4.69, 9.17) is 14.3 Å². The minimum Gasteiger partial charge on any atom is -0.478 e. The minimum atomic E-state index is -1.24. The van der Waals surface area contributed by atoms with E-state index in [0.29, 0.717) is 17.4 Å². The number of rotatable bonds is 5. The van der Waals surface area contributed by atoms with Crippen molar-refractivity contribution in [2.24, 2.45) is 0 Å². The molecule has 2 heterocycles. The van der Waals surface area contributed by atoms with Crippen LogP contribution >= 0.6 is 11.3 Å². The molecule has 0 aliphatic heterocycles. The maximum absolute atomic E-state index is 11.9. The molecule has 0 saturated carbocycles. The number of aliphatic carboxylic acids is 1. The van der Waals surface area contributed by atoms with Crippen molar-refractivity contribution in [3.63, 3.8) is 0 Å². The number of thiophene rings is 1. The molecule has 22 heavy (non-hydrogen) atoms. The second-order valence-corrected chi connectivity index (χ2v) is 4.86. The summed E-state index contributed by atoms with van der Waals surface area (Å²) in [7, 11) is 1.22. The SMILES string of the molecule is COC(=O)c1c(-c2ccco2)csc1NC(=O)C=CC(=O)O. The van der Waals surface area contributed by atoms with Gasteiger partial charge >= 0.3 is 11.9 Å². The zero-order chi connectivity index (χ0) is 16.1. The molecule has 0 unspecified atom stereocenters. The average Bonchev–Trinajstić information content (AvgIpc) is 3.13.